The van der Waals surface area contributed by atoms with Crippen molar-refractivity contribution in [3.05, 3.63) is 29.8 Å². The maximum Gasteiger partial charge on any atom is 0.241 e. The molecule has 1 unspecified atom stereocenters. The number of aliphatic imine (C=N–C) groups is 1. The van der Waals surface area contributed by atoms with Crippen molar-refractivity contribution in [2.24, 2.45) is 10.9 Å². The predicted octanol–water partition coefficient (Wildman–Crippen LogP) is 2.86. The molecule has 3 N–H and O–H groups in total. The number of guanidine groups is 1. The fourth-order valence-electron chi connectivity index (χ4n) is 2.20. The maximum atomic E-state index is 11.7. The number of hydrogen-bond donors (Lipinski definition) is 3. The highest BCUT2D eigenvalue weighted by atomic mass is 16.5. The smallest absolute Gasteiger partial charge is 0.241 e. The Labute approximate surface area is 157 Å². The molecule has 0 spiro atoms. The Hall–Kier alpha value is -2.24. The van der Waals surface area contributed by atoms with Gasteiger partial charge in [0.05, 0.1) is 12.6 Å². The molecule has 146 valence electrons. The quantitative estimate of drug-likeness (QED) is 0.442. The third kappa shape index (κ3) is 8.74. The minimum atomic E-state index is -0.0663. The maximum absolute atomic E-state index is 11.7. The molecular weight excluding hydrogens is 328 g/mol. The average Bonchev–Trinajstić information content (AvgIpc) is 2.63. The molecule has 1 amide bonds. The van der Waals surface area contributed by atoms with Gasteiger partial charge in [0.15, 0.2) is 5.96 Å². The Kier molecular flexibility index (Phi) is 10.2. The van der Waals surface area contributed by atoms with Crippen molar-refractivity contribution in [2.45, 2.75) is 47.1 Å². The molecule has 0 aliphatic heterocycles. The first kappa shape index (κ1) is 21.8. The van der Waals surface area contributed by atoms with Crippen LogP contribution in [0.15, 0.2) is 29.3 Å². The van der Waals surface area contributed by atoms with Crippen LogP contribution >= 0.6 is 0 Å². The molecule has 0 fully saturated rings. The molecule has 0 aliphatic carbocycles. The molecule has 6 heteroatoms. The zero-order valence-electron chi connectivity index (χ0n) is 16.8. The average molecular weight is 363 g/mol. The summed E-state index contributed by atoms with van der Waals surface area (Å²) in [5, 5.41) is 9.33. The second kappa shape index (κ2) is 12.2. The Balaban J connectivity index is 2.62. The van der Waals surface area contributed by atoms with Crippen LogP contribution in [0.1, 0.15) is 52.6 Å². The highest BCUT2D eigenvalue weighted by Gasteiger charge is 2.09. The molecule has 1 atom stereocenters. The van der Waals surface area contributed by atoms with E-state index in [0.29, 0.717) is 25.0 Å². The van der Waals surface area contributed by atoms with E-state index in [1.165, 1.54) is 0 Å². The first-order valence-corrected chi connectivity index (χ1v) is 9.50. The topological polar surface area (TPSA) is 74.8 Å². The van der Waals surface area contributed by atoms with Gasteiger partial charge >= 0.3 is 0 Å². The van der Waals surface area contributed by atoms with Gasteiger partial charge in [-0.25, -0.2) is 4.99 Å². The molecule has 0 saturated carbocycles. The van der Waals surface area contributed by atoms with E-state index in [4.69, 9.17) is 4.74 Å². The molecule has 0 radical (unpaired) electrons. The van der Waals surface area contributed by atoms with Crippen LogP contribution in [0, 0.1) is 5.92 Å². The van der Waals surface area contributed by atoms with Gasteiger partial charge in [-0.15, -0.1) is 0 Å². The minimum Gasteiger partial charge on any atom is -0.493 e. The van der Waals surface area contributed by atoms with E-state index in [1.54, 1.807) is 0 Å². The second-order valence-electron chi connectivity index (χ2n) is 6.69. The highest BCUT2D eigenvalue weighted by Crippen LogP contribution is 2.18. The molecule has 1 aromatic rings. The lowest BCUT2D eigenvalue weighted by molar-refractivity contribution is -0.119. The van der Waals surface area contributed by atoms with Gasteiger partial charge in [0.2, 0.25) is 5.91 Å². The van der Waals surface area contributed by atoms with Crippen molar-refractivity contribution in [2.75, 3.05) is 26.2 Å². The van der Waals surface area contributed by atoms with E-state index in [9.17, 15) is 4.79 Å². The Morgan fingerprint density at radius 2 is 1.81 bits per heavy atom. The van der Waals surface area contributed by atoms with Crippen LogP contribution < -0.4 is 20.7 Å². The van der Waals surface area contributed by atoms with Crippen LogP contribution in [0.2, 0.25) is 0 Å². The summed E-state index contributed by atoms with van der Waals surface area (Å²) >= 11 is 0. The number of benzene rings is 1. The molecule has 0 aromatic heterocycles. The van der Waals surface area contributed by atoms with Crippen molar-refractivity contribution in [3.63, 3.8) is 0 Å². The summed E-state index contributed by atoms with van der Waals surface area (Å²) in [6.07, 6.45) is 0.918. The zero-order valence-corrected chi connectivity index (χ0v) is 16.8. The van der Waals surface area contributed by atoms with Crippen LogP contribution in [0.3, 0.4) is 0 Å². The summed E-state index contributed by atoms with van der Waals surface area (Å²) in [5.41, 5.74) is 1.13. The van der Waals surface area contributed by atoms with Gasteiger partial charge in [-0.2, -0.15) is 0 Å². The summed E-state index contributed by atoms with van der Waals surface area (Å²) in [6, 6.07) is 8.12. The molecule has 26 heavy (non-hydrogen) atoms. The molecule has 6 nitrogen and oxygen atoms in total. The number of ether oxygens (including phenoxy) is 1. The third-order valence-electron chi connectivity index (χ3n) is 3.61. The molecule has 0 aliphatic rings. The molecule has 0 saturated heterocycles. The number of rotatable bonds is 10. The van der Waals surface area contributed by atoms with E-state index in [-0.39, 0.29) is 18.5 Å². The highest BCUT2D eigenvalue weighted by molar-refractivity contribution is 5.85. The fourth-order valence-corrected chi connectivity index (χ4v) is 2.20. The van der Waals surface area contributed by atoms with Gasteiger partial charge in [0.25, 0.3) is 0 Å². The molecule has 0 bridgehead atoms. The third-order valence-corrected chi connectivity index (χ3v) is 3.61. The summed E-state index contributed by atoms with van der Waals surface area (Å²) < 4.78 is 5.72. The standard InChI is InChI=1S/C20H34N4O2/c1-6-12-22-19(25)13-23-20(21-7-2)24-16(5)17-8-10-18(11-9-17)26-14-15(3)4/h8-11,15-16H,6-7,12-14H2,1-5H3,(H,22,25)(H2,21,23,24). The van der Waals surface area contributed by atoms with Crippen LogP contribution in [0.5, 0.6) is 5.75 Å². The largest absolute Gasteiger partial charge is 0.493 e. The first-order chi connectivity index (χ1) is 12.5. The van der Waals surface area contributed by atoms with Crippen molar-refractivity contribution in [3.8, 4) is 5.75 Å². The van der Waals surface area contributed by atoms with Gasteiger partial charge in [-0.1, -0.05) is 32.9 Å². The van der Waals surface area contributed by atoms with Gasteiger partial charge in [-0.05, 0) is 43.9 Å². The Morgan fingerprint density at radius 1 is 1.12 bits per heavy atom. The molecule has 0 heterocycles. The predicted molar refractivity (Wildman–Crippen MR) is 108 cm³/mol. The summed E-state index contributed by atoms with van der Waals surface area (Å²) in [4.78, 5) is 16.1. The molecule has 1 rings (SSSR count). The van der Waals surface area contributed by atoms with E-state index in [2.05, 4.69) is 41.7 Å². The van der Waals surface area contributed by atoms with Crippen molar-refractivity contribution in [1.29, 1.82) is 0 Å². The van der Waals surface area contributed by atoms with Gasteiger partial charge < -0.3 is 20.7 Å². The Bertz CT molecular complexity index is 555. The minimum absolute atomic E-state index is 0.0608. The van der Waals surface area contributed by atoms with E-state index < -0.39 is 0 Å². The monoisotopic (exact) mass is 362 g/mol. The van der Waals surface area contributed by atoms with Crippen LogP contribution in [-0.4, -0.2) is 38.1 Å². The van der Waals surface area contributed by atoms with Crippen molar-refractivity contribution >= 4 is 11.9 Å². The lowest BCUT2D eigenvalue weighted by atomic mass is 10.1. The second-order valence-corrected chi connectivity index (χ2v) is 6.69. The van der Waals surface area contributed by atoms with Gasteiger partial charge in [0.1, 0.15) is 12.3 Å². The summed E-state index contributed by atoms with van der Waals surface area (Å²) in [6.45, 7) is 12.6. The lowest BCUT2D eigenvalue weighted by Gasteiger charge is -2.18. The molecule has 1 aromatic carbocycles. The molecular formula is C20H34N4O2. The van der Waals surface area contributed by atoms with Crippen molar-refractivity contribution in [1.82, 2.24) is 16.0 Å². The lowest BCUT2D eigenvalue weighted by Crippen LogP contribution is -2.39. The number of nitrogens with zero attached hydrogens (tertiary/aromatic N) is 1. The number of amides is 1. The normalized spacial score (nSPS) is 12.6. The van der Waals surface area contributed by atoms with Crippen LogP contribution in [0.4, 0.5) is 0 Å². The van der Waals surface area contributed by atoms with Crippen LogP contribution in [-0.2, 0) is 4.79 Å². The number of carbonyl (C=O) groups is 1. The number of nitrogens with one attached hydrogen (secondary N) is 3. The summed E-state index contributed by atoms with van der Waals surface area (Å²) in [5.74, 6) is 1.95. The Morgan fingerprint density at radius 3 is 2.38 bits per heavy atom. The van der Waals surface area contributed by atoms with E-state index in [1.807, 2.05) is 38.1 Å². The zero-order chi connectivity index (χ0) is 19.4. The number of hydrogen-bond acceptors (Lipinski definition) is 3. The van der Waals surface area contributed by atoms with Gasteiger partial charge in [-0.3, -0.25) is 4.79 Å². The van der Waals surface area contributed by atoms with Crippen LogP contribution in [0.25, 0.3) is 0 Å². The SMILES string of the molecule is CCCNC(=O)CN=C(NCC)NC(C)c1ccc(OCC(C)C)cc1. The van der Waals surface area contributed by atoms with E-state index >= 15 is 0 Å². The summed E-state index contributed by atoms with van der Waals surface area (Å²) in [7, 11) is 0. The van der Waals surface area contributed by atoms with E-state index in [0.717, 1.165) is 24.3 Å². The first-order valence-electron chi connectivity index (χ1n) is 9.50. The number of carbonyl (C=O) groups excluding carboxylic acids is 1. The fraction of sp³-hybridized carbons (Fsp3) is 0.600. The van der Waals surface area contributed by atoms with Crippen molar-refractivity contribution < 1.29 is 9.53 Å². The van der Waals surface area contributed by atoms with Gasteiger partial charge in [0, 0.05) is 13.1 Å².